The Kier molecular flexibility index (Phi) is 3.82. The second-order valence-corrected chi connectivity index (χ2v) is 4.33. The topological polar surface area (TPSA) is 48.4 Å². The maximum absolute atomic E-state index is 11.4. The van der Waals surface area contributed by atoms with E-state index in [2.05, 4.69) is 4.98 Å². The van der Waals surface area contributed by atoms with Crippen molar-refractivity contribution in [2.45, 2.75) is 26.4 Å². The molecule has 0 fully saturated rings. The van der Waals surface area contributed by atoms with E-state index in [0.29, 0.717) is 12.3 Å². The number of hydrogen-bond donors (Lipinski definition) is 0. The third-order valence-electron chi connectivity index (χ3n) is 2.01. The fraction of sp³-hybridized carbons (Fsp3) is 0.600. The normalized spacial score (nSPS) is 11.5. The number of thiazole rings is 1. The molecule has 0 saturated heterocycles. The van der Waals surface area contributed by atoms with Crippen LogP contribution in [0.2, 0.25) is 0 Å². The summed E-state index contributed by atoms with van der Waals surface area (Å²) in [4.78, 5) is 15.5. The number of methoxy groups -OCH3 is 1. The highest BCUT2D eigenvalue weighted by atomic mass is 32.1. The molecule has 0 N–H and O–H groups in total. The van der Waals surface area contributed by atoms with Gasteiger partial charge in [0.1, 0.15) is 10.6 Å². The van der Waals surface area contributed by atoms with Gasteiger partial charge in [0.15, 0.2) is 5.69 Å². The third-order valence-corrected chi connectivity index (χ3v) is 3.16. The van der Waals surface area contributed by atoms with Gasteiger partial charge >= 0.3 is 5.97 Å². The van der Waals surface area contributed by atoms with Gasteiger partial charge in [-0.2, -0.15) is 0 Å². The first-order valence-corrected chi connectivity index (χ1v) is 5.57. The summed E-state index contributed by atoms with van der Waals surface area (Å²) in [5, 5.41) is 2.46. The van der Waals surface area contributed by atoms with E-state index in [4.69, 9.17) is 9.47 Å². The monoisotopic (exact) mass is 229 g/mol. The van der Waals surface area contributed by atoms with Crippen molar-refractivity contribution in [3.8, 4) is 0 Å². The first kappa shape index (κ1) is 12.1. The molecular weight excluding hydrogens is 214 g/mol. The van der Waals surface area contributed by atoms with Gasteiger partial charge in [-0.25, -0.2) is 9.78 Å². The molecule has 0 aromatic carbocycles. The zero-order valence-corrected chi connectivity index (χ0v) is 10.2. The average molecular weight is 229 g/mol. The van der Waals surface area contributed by atoms with Crippen LogP contribution < -0.4 is 0 Å². The Hall–Kier alpha value is -0.940. The van der Waals surface area contributed by atoms with Crippen LogP contribution in [0.4, 0.5) is 0 Å². The predicted octanol–water partition coefficient (Wildman–Crippen LogP) is 2.20. The van der Waals surface area contributed by atoms with Crippen LogP contribution in [0.15, 0.2) is 5.38 Å². The fourth-order valence-corrected chi connectivity index (χ4v) is 1.83. The Morgan fingerprint density at radius 3 is 2.80 bits per heavy atom. The Morgan fingerprint density at radius 1 is 1.60 bits per heavy atom. The molecule has 15 heavy (non-hydrogen) atoms. The number of aromatic nitrogens is 1. The van der Waals surface area contributed by atoms with E-state index in [9.17, 15) is 4.79 Å². The molecule has 0 aliphatic heterocycles. The minimum atomic E-state index is -0.463. The smallest absolute Gasteiger partial charge is 0.357 e. The summed E-state index contributed by atoms with van der Waals surface area (Å²) < 4.78 is 10.1. The molecule has 0 spiro atoms. The van der Waals surface area contributed by atoms with E-state index in [1.165, 1.54) is 11.3 Å². The van der Waals surface area contributed by atoms with E-state index >= 15 is 0 Å². The van der Waals surface area contributed by atoms with Crippen molar-refractivity contribution in [2.75, 3.05) is 13.7 Å². The molecule has 1 aromatic heterocycles. The molecule has 5 heteroatoms. The van der Waals surface area contributed by atoms with Gasteiger partial charge < -0.3 is 9.47 Å². The van der Waals surface area contributed by atoms with E-state index in [0.717, 1.165) is 5.01 Å². The van der Waals surface area contributed by atoms with Gasteiger partial charge in [0.2, 0.25) is 0 Å². The van der Waals surface area contributed by atoms with Gasteiger partial charge in [0, 0.05) is 12.5 Å². The molecular formula is C10H15NO3S. The zero-order chi connectivity index (χ0) is 11.5. The molecule has 0 unspecified atom stereocenters. The molecule has 0 aliphatic carbocycles. The SMILES string of the molecule is CCOC(=O)c1csc(C(C)(C)OC)n1. The van der Waals surface area contributed by atoms with Gasteiger partial charge in [0.05, 0.1) is 6.61 Å². The first-order valence-electron chi connectivity index (χ1n) is 4.69. The largest absolute Gasteiger partial charge is 0.461 e. The summed E-state index contributed by atoms with van der Waals surface area (Å²) in [6.45, 7) is 5.94. The van der Waals surface area contributed by atoms with Gasteiger partial charge in [0.25, 0.3) is 0 Å². The van der Waals surface area contributed by atoms with Gasteiger partial charge in [-0.1, -0.05) is 0 Å². The van der Waals surface area contributed by atoms with Crippen LogP contribution in [0, 0.1) is 0 Å². The zero-order valence-electron chi connectivity index (χ0n) is 9.36. The quantitative estimate of drug-likeness (QED) is 0.743. The van der Waals surface area contributed by atoms with Crippen LogP contribution in [0.5, 0.6) is 0 Å². The molecule has 0 radical (unpaired) electrons. The first-order chi connectivity index (χ1) is 7.01. The summed E-state index contributed by atoms with van der Waals surface area (Å²) in [6, 6.07) is 0. The molecule has 0 atom stereocenters. The predicted molar refractivity (Wildman–Crippen MR) is 58.1 cm³/mol. The number of rotatable bonds is 4. The maximum atomic E-state index is 11.4. The van der Waals surface area contributed by atoms with Crippen LogP contribution >= 0.6 is 11.3 Å². The van der Waals surface area contributed by atoms with Crippen molar-refractivity contribution in [3.05, 3.63) is 16.1 Å². The highest BCUT2D eigenvalue weighted by molar-refractivity contribution is 7.10. The second-order valence-electron chi connectivity index (χ2n) is 3.47. The molecule has 1 heterocycles. The standard InChI is InChI=1S/C10H15NO3S/c1-5-14-8(12)7-6-15-9(11-7)10(2,3)13-4/h6H,5H2,1-4H3. The lowest BCUT2D eigenvalue weighted by Crippen LogP contribution is -2.19. The summed E-state index contributed by atoms with van der Waals surface area (Å²) >= 11 is 1.40. The summed E-state index contributed by atoms with van der Waals surface area (Å²) in [5.41, 5.74) is -0.114. The number of hydrogen-bond acceptors (Lipinski definition) is 5. The van der Waals surface area contributed by atoms with E-state index in [-0.39, 0.29) is 5.97 Å². The van der Waals surface area contributed by atoms with Crippen molar-refractivity contribution in [2.24, 2.45) is 0 Å². The number of carbonyl (C=O) groups excluding carboxylic acids is 1. The van der Waals surface area contributed by atoms with Crippen LogP contribution in [0.3, 0.4) is 0 Å². The number of esters is 1. The maximum Gasteiger partial charge on any atom is 0.357 e. The van der Waals surface area contributed by atoms with Crippen molar-refractivity contribution < 1.29 is 14.3 Å². The van der Waals surface area contributed by atoms with Crippen molar-refractivity contribution >= 4 is 17.3 Å². The van der Waals surface area contributed by atoms with Gasteiger partial charge in [-0.3, -0.25) is 0 Å². The van der Waals surface area contributed by atoms with Crippen LogP contribution in [-0.4, -0.2) is 24.7 Å². The lowest BCUT2D eigenvalue weighted by atomic mass is 10.1. The Labute approximate surface area is 93.2 Å². The Morgan fingerprint density at radius 2 is 2.27 bits per heavy atom. The van der Waals surface area contributed by atoms with Gasteiger partial charge in [-0.05, 0) is 20.8 Å². The molecule has 0 bridgehead atoms. The molecule has 0 saturated carbocycles. The molecule has 0 aliphatic rings. The average Bonchev–Trinajstić information content (AvgIpc) is 2.67. The highest BCUT2D eigenvalue weighted by Gasteiger charge is 2.25. The summed E-state index contributed by atoms with van der Waals surface area (Å²) in [6.07, 6.45) is 0. The molecule has 1 rings (SSSR count). The Balaban J connectivity index is 2.85. The van der Waals surface area contributed by atoms with Crippen LogP contribution in [-0.2, 0) is 15.1 Å². The van der Waals surface area contributed by atoms with Crippen LogP contribution in [0.25, 0.3) is 0 Å². The fourth-order valence-electron chi connectivity index (χ4n) is 0.936. The number of nitrogens with zero attached hydrogens (tertiary/aromatic N) is 1. The van der Waals surface area contributed by atoms with E-state index < -0.39 is 5.60 Å². The lowest BCUT2D eigenvalue weighted by molar-refractivity contribution is 0.0187. The number of carbonyl (C=O) groups is 1. The minimum absolute atomic E-state index is 0.349. The minimum Gasteiger partial charge on any atom is -0.461 e. The molecule has 84 valence electrons. The summed E-state index contributed by atoms with van der Waals surface area (Å²) in [5.74, 6) is -0.382. The summed E-state index contributed by atoms with van der Waals surface area (Å²) in [7, 11) is 1.62. The van der Waals surface area contributed by atoms with E-state index in [1.54, 1.807) is 19.4 Å². The molecule has 4 nitrogen and oxygen atoms in total. The Bertz CT molecular complexity index is 346. The van der Waals surface area contributed by atoms with Crippen LogP contribution in [0.1, 0.15) is 36.3 Å². The van der Waals surface area contributed by atoms with Gasteiger partial charge in [-0.15, -0.1) is 11.3 Å². The molecule has 0 amide bonds. The highest BCUT2D eigenvalue weighted by Crippen LogP contribution is 2.26. The van der Waals surface area contributed by atoms with Crippen molar-refractivity contribution in [3.63, 3.8) is 0 Å². The third kappa shape index (κ3) is 2.76. The van der Waals surface area contributed by atoms with Crippen molar-refractivity contribution in [1.82, 2.24) is 4.98 Å². The molecule has 1 aromatic rings. The van der Waals surface area contributed by atoms with E-state index in [1.807, 2.05) is 13.8 Å². The number of ether oxygens (including phenoxy) is 2. The second kappa shape index (κ2) is 4.72. The van der Waals surface area contributed by atoms with Crippen molar-refractivity contribution in [1.29, 1.82) is 0 Å². The lowest BCUT2D eigenvalue weighted by Gasteiger charge is -2.19.